The van der Waals surface area contributed by atoms with E-state index >= 15 is 0 Å². The lowest BCUT2D eigenvalue weighted by molar-refractivity contribution is -0.147. The summed E-state index contributed by atoms with van der Waals surface area (Å²) in [7, 11) is 2.63. The summed E-state index contributed by atoms with van der Waals surface area (Å²) in [6.07, 6.45) is -13.5. The Balaban J connectivity index is 1.62. The van der Waals surface area contributed by atoms with Crippen molar-refractivity contribution in [3.63, 3.8) is 0 Å². The van der Waals surface area contributed by atoms with Crippen LogP contribution in [0, 0.1) is 11.8 Å². The number of carbonyl (C=O) groups is 2. The molecule has 0 N–H and O–H groups in total. The van der Waals surface area contributed by atoms with Crippen molar-refractivity contribution in [1.82, 2.24) is 20.2 Å². The van der Waals surface area contributed by atoms with Gasteiger partial charge in [0.2, 0.25) is 5.91 Å². The molecule has 0 unspecified atom stereocenters. The van der Waals surface area contributed by atoms with Crippen LogP contribution in [0.1, 0.15) is 79.3 Å². The third kappa shape index (κ3) is 7.67. The van der Waals surface area contributed by atoms with Crippen LogP contribution in [0.3, 0.4) is 0 Å². The van der Waals surface area contributed by atoms with Gasteiger partial charge < -0.3 is 14.5 Å². The number of anilines is 2. The zero-order valence-corrected chi connectivity index (χ0v) is 27.0. The molecule has 272 valence electrons. The van der Waals surface area contributed by atoms with Gasteiger partial charge in [-0.1, -0.05) is 12.0 Å². The molecule has 1 aliphatic carbocycles. The first kappa shape index (κ1) is 36.9. The fourth-order valence-corrected chi connectivity index (χ4v) is 6.80. The number of halogens is 9. The Morgan fingerprint density at radius 2 is 1.44 bits per heavy atom. The highest BCUT2D eigenvalue weighted by Crippen LogP contribution is 2.47. The largest absolute Gasteiger partial charge is 0.469 e. The molecule has 2 aliphatic rings. The first-order valence-corrected chi connectivity index (χ1v) is 15.7. The quantitative estimate of drug-likeness (QED) is 0.184. The van der Waals surface area contributed by atoms with Gasteiger partial charge in [0, 0.05) is 24.2 Å². The minimum atomic E-state index is -5.14. The molecule has 2 heterocycles. The van der Waals surface area contributed by atoms with E-state index in [4.69, 9.17) is 4.74 Å². The molecule has 9 nitrogen and oxygen atoms in total. The van der Waals surface area contributed by atoms with E-state index in [1.54, 1.807) is 6.92 Å². The molecule has 3 aromatic rings. The molecule has 0 radical (unpaired) electrons. The molecule has 1 fully saturated rings. The van der Waals surface area contributed by atoms with Crippen LogP contribution >= 0.6 is 0 Å². The van der Waals surface area contributed by atoms with E-state index in [-0.39, 0.29) is 41.5 Å². The number of tetrazole rings is 1. The topological polar surface area (TPSA) is 93.5 Å². The number of methoxy groups -OCH3 is 1. The van der Waals surface area contributed by atoms with Gasteiger partial charge in [-0.3, -0.25) is 9.59 Å². The second kappa shape index (κ2) is 13.7. The van der Waals surface area contributed by atoms with Gasteiger partial charge in [0.1, 0.15) is 0 Å². The van der Waals surface area contributed by atoms with E-state index in [2.05, 4.69) is 15.4 Å². The lowest BCUT2D eigenvalue weighted by Gasteiger charge is -2.46. The van der Waals surface area contributed by atoms with Crippen LogP contribution in [0.2, 0.25) is 0 Å². The third-order valence-electron chi connectivity index (χ3n) is 9.28. The summed E-state index contributed by atoms with van der Waals surface area (Å²) >= 11 is 0. The molecule has 1 aromatic heterocycles. The van der Waals surface area contributed by atoms with Crippen molar-refractivity contribution in [3.05, 3.63) is 64.2 Å². The molecule has 1 saturated carbocycles. The molecule has 0 saturated heterocycles. The highest BCUT2D eigenvalue weighted by atomic mass is 19.4. The van der Waals surface area contributed by atoms with Crippen LogP contribution in [0.25, 0.3) is 0 Å². The number of nitrogens with zero attached hydrogens (tertiary/aromatic N) is 6. The Hall–Kier alpha value is -4.38. The van der Waals surface area contributed by atoms with E-state index < -0.39 is 71.3 Å². The summed E-state index contributed by atoms with van der Waals surface area (Å²) in [5.74, 6) is -1.96. The van der Waals surface area contributed by atoms with Crippen molar-refractivity contribution >= 4 is 23.5 Å². The molecule has 18 heteroatoms. The average molecular weight is 721 g/mol. The fourth-order valence-electron chi connectivity index (χ4n) is 6.80. The van der Waals surface area contributed by atoms with Gasteiger partial charge in [-0.2, -0.15) is 44.3 Å². The van der Waals surface area contributed by atoms with Gasteiger partial charge in [0.05, 0.1) is 42.8 Å². The number of esters is 1. The van der Waals surface area contributed by atoms with Gasteiger partial charge >= 0.3 is 24.5 Å². The van der Waals surface area contributed by atoms with Gasteiger partial charge in [-0.25, -0.2) is 0 Å². The van der Waals surface area contributed by atoms with Crippen molar-refractivity contribution in [1.29, 1.82) is 0 Å². The summed E-state index contributed by atoms with van der Waals surface area (Å²) in [5.41, 5.74) is -4.60. The Labute approximate surface area is 280 Å². The van der Waals surface area contributed by atoms with Gasteiger partial charge in [0.15, 0.2) is 0 Å². The molecule has 0 spiro atoms. The summed E-state index contributed by atoms with van der Waals surface area (Å²) in [5, 5.41) is 11.8. The third-order valence-corrected chi connectivity index (χ3v) is 9.28. The smallest absolute Gasteiger partial charge is 0.416 e. The monoisotopic (exact) mass is 720 g/mol. The predicted molar refractivity (Wildman–Crippen MR) is 159 cm³/mol. The zero-order valence-electron chi connectivity index (χ0n) is 27.0. The van der Waals surface area contributed by atoms with Crippen LogP contribution < -0.4 is 9.80 Å². The lowest BCUT2D eigenvalue weighted by atomic mass is 9.80. The maximum Gasteiger partial charge on any atom is 0.416 e. The zero-order chi connectivity index (χ0) is 36.8. The number of ether oxygens (including phenoxy) is 1. The molecule has 5 rings (SSSR count). The van der Waals surface area contributed by atoms with Gasteiger partial charge in [0.25, 0.3) is 5.95 Å². The number of carbonyl (C=O) groups excluding carboxylic acids is 2. The number of aryl methyl sites for hydroxylation is 1. The van der Waals surface area contributed by atoms with Crippen LogP contribution in [-0.2, 0) is 46.4 Å². The minimum Gasteiger partial charge on any atom is -0.469 e. The van der Waals surface area contributed by atoms with E-state index in [0.717, 1.165) is 23.0 Å². The number of benzene rings is 2. The highest BCUT2D eigenvalue weighted by molar-refractivity contribution is 5.97. The average Bonchev–Trinajstić information content (AvgIpc) is 3.50. The van der Waals surface area contributed by atoms with E-state index in [0.29, 0.717) is 44.2 Å². The Bertz CT molecular complexity index is 1680. The molecule has 0 bridgehead atoms. The normalized spacial score (nSPS) is 21.5. The maximum atomic E-state index is 14.1. The molecule has 1 amide bonds. The standard InChI is InChI=1S/C32H33F9N6O3/c1-4-23-15-26(46(29-42-44-45(2)43-29)16-17-11-21(31(36,37)38)13-22(12-17)32(39,40)41)24-14-20(30(33,34)35)9-10-25(24)47(23)27(48)18-5-7-19(8-6-18)28(49)50-3/h9-14,18-19,23,26H,4-8,15-16H2,1-3H3/t18?,19?,23-,26+/m1/s1. The molecular formula is C32H33F9N6O3. The number of fused-ring (bicyclic) bond motifs is 1. The second-order valence-electron chi connectivity index (χ2n) is 12.5. The summed E-state index contributed by atoms with van der Waals surface area (Å²) in [4.78, 5) is 29.8. The van der Waals surface area contributed by atoms with E-state index in [9.17, 15) is 49.1 Å². The van der Waals surface area contributed by atoms with Gasteiger partial charge in [-0.05, 0) is 91.3 Å². The number of aromatic nitrogens is 4. The van der Waals surface area contributed by atoms with Crippen molar-refractivity contribution in [2.24, 2.45) is 18.9 Å². The van der Waals surface area contributed by atoms with E-state index in [1.165, 1.54) is 24.0 Å². The second-order valence-corrected chi connectivity index (χ2v) is 12.5. The number of amides is 1. The molecule has 1 aliphatic heterocycles. The van der Waals surface area contributed by atoms with Crippen LogP contribution in [-0.4, -0.2) is 45.2 Å². The number of alkyl halides is 9. The SMILES string of the molecule is CC[C@@H]1C[C@H](N(Cc2cc(C(F)(F)F)cc(C(F)(F)F)c2)c2nnn(C)n2)c2cc(C(F)(F)F)ccc2N1C(=O)C1CCC(C(=O)OC)CC1. The fraction of sp³-hybridized carbons (Fsp3) is 0.531. The maximum absolute atomic E-state index is 14.1. The molecule has 2 atom stereocenters. The van der Waals surface area contributed by atoms with Crippen LogP contribution in [0.5, 0.6) is 0 Å². The van der Waals surface area contributed by atoms with Crippen LogP contribution in [0.4, 0.5) is 51.1 Å². The summed E-state index contributed by atoms with van der Waals surface area (Å²) < 4.78 is 130. The number of hydrogen-bond donors (Lipinski definition) is 0. The lowest BCUT2D eigenvalue weighted by Crippen LogP contribution is -2.50. The molecule has 2 aromatic carbocycles. The molecule has 50 heavy (non-hydrogen) atoms. The number of hydrogen-bond acceptors (Lipinski definition) is 7. The van der Waals surface area contributed by atoms with Gasteiger partial charge in [-0.15, -0.1) is 5.10 Å². The van der Waals surface area contributed by atoms with Crippen molar-refractivity contribution in [3.8, 4) is 0 Å². The van der Waals surface area contributed by atoms with E-state index in [1.807, 2.05) is 0 Å². The Kier molecular flexibility index (Phi) is 10.1. The Morgan fingerprint density at radius 3 is 1.94 bits per heavy atom. The highest BCUT2D eigenvalue weighted by Gasteiger charge is 2.44. The van der Waals surface area contributed by atoms with Crippen LogP contribution in [0.15, 0.2) is 36.4 Å². The summed E-state index contributed by atoms with van der Waals surface area (Å²) in [6, 6.07) is 2.05. The first-order valence-electron chi connectivity index (χ1n) is 15.7. The van der Waals surface area contributed by atoms with Crippen molar-refractivity contribution < 1.29 is 53.8 Å². The predicted octanol–water partition coefficient (Wildman–Crippen LogP) is 7.51. The van der Waals surface area contributed by atoms with Crippen molar-refractivity contribution in [2.75, 3.05) is 16.9 Å². The van der Waals surface area contributed by atoms with Crippen molar-refractivity contribution in [2.45, 2.75) is 82.6 Å². The Morgan fingerprint density at radius 1 is 0.860 bits per heavy atom. The minimum absolute atomic E-state index is 0.0187. The molecular weight excluding hydrogens is 687 g/mol. The number of rotatable bonds is 7. The summed E-state index contributed by atoms with van der Waals surface area (Å²) in [6.45, 7) is 1.07. The first-order chi connectivity index (χ1) is 23.3.